The average Bonchev–Trinajstić information content (AvgIpc) is 3.12. The van der Waals surface area contributed by atoms with Crippen LogP contribution in [0.3, 0.4) is 0 Å². The molecule has 1 aliphatic heterocycles. The van der Waals surface area contributed by atoms with Gasteiger partial charge in [0.05, 0.1) is 18.1 Å². The van der Waals surface area contributed by atoms with E-state index in [1.807, 2.05) is 0 Å². The zero-order valence-electron chi connectivity index (χ0n) is 10.4. The van der Waals surface area contributed by atoms with Crippen molar-refractivity contribution in [3.63, 3.8) is 0 Å². The monoisotopic (exact) mass is 324 g/mol. The highest BCUT2D eigenvalue weighted by Crippen LogP contribution is 2.47. The largest absolute Gasteiger partial charge is 0.460 e. The Morgan fingerprint density at radius 1 is 1.05 bits per heavy atom. The van der Waals surface area contributed by atoms with E-state index in [1.54, 1.807) is 0 Å². The van der Waals surface area contributed by atoms with E-state index >= 15 is 0 Å². The molecule has 10 heteroatoms. The van der Waals surface area contributed by atoms with E-state index in [9.17, 15) is 35.5 Å². The van der Waals surface area contributed by atoms with Crippen molar-refractivity contribution in [3.05, 3.63) is 0 Å². The Morgan fingerprint density at radius 2 is 1.67 bits per heavy atom. The molecule has 0 bridgehead atoms. The minimum Gasteiger partial charge on any atom is -0.459 e. The maximum Gasteiger partial charge on any atom is 0.460 e. The van der Waals surface area contributed by atoms with Crippen molar-refractivity contribution in [2.75, 3.05) is 6.61 Å². The van der Waals surface area contributed by atoms with Gasteiger partial charge in [-0.25, -0.2) is 0 Å². The Hall–Kier alpha value is -1.06. The lowest BCUT2D eigenvalue weighted by Crippen LogP contribution is -2.54. The molecular weight excluding hydrogens is 313 g/mol. The van der Waals surface area contributed by atoms with Gasteiger partial charge < -0.3 is 9.47 Å². The molecule has 3 unspecified atom stereocenters. The highest BCUT2D eigenvalue weighted by atomic mass is 19.4. The molecule has 1 saturated carbocycles. The SMILES string of the molecule is O=C(OCC(F)(F)C(F)(F)C(F)(F)F)C1CCC2OC2C1. The molecule has 0 aromatic carbocycles. The molecule has 1 aliphatic carbocycles. The van der Waals surface area contributed by atoms with E-state index < -0.39 is 36.5 Å². The molecule has 21 heavy (non-hydrogen) atoms. The standard InChI is InChI=1S/C11H11F7O3/c12-9(13,10(14,15)11(16,17)18)4-20-8(19)5-1-2-6-7(3-5)21-6/h5-7H,1-4H2. The fourth-order valence-electron chi connectivity index (χ4n) is 2.20. The molecule has 2 fully saturated rings. The summed E-state index contributed by atoms with van der Waals surface area (Å²) in [6, 6.07) is 0. The molecule has 0 aromatic rings. The fraction of sp³-hybridized carbons (Fsp3) is 0.909. The third-order valence-corrected chi connectivity index (χ3v) is 3.55. The number of carbonyl (C=O) groups is 1. The summed E-state index contributed by atoms with van der Waals surface area (Å²) in [4.78, 5) is 11.4. The highest BCUT2D eigenvalue weighted by molar-refractivity contribution is 5.72. The van der Waals surface area contributed by atoms with Crippen LogP contribution in [0.25, 0.3) is 0 Å². The summed E-state index contributed by atoms with van der Waals surface area (Å²) in [5.74, 6) is -13.8. The van der Waals surface area contributed by atoms with Gasteiger partial charge in [-0.2, -0.15) is 30.7 Å². The maximum atomic E-state index is 12.9. The Morgan fingerprint density at radius 3 is 2.19 bits per heavy atom. The second kappa shape index (κ2) is 4.99. The Balaban J connectivity index is 1.90. The second-order valence-corrected chi connectivity index (χ2v) is 5.11. The fourth-order valence-corrected chi connectivity index (χ4v) is 2.20. The van der Waals surface area contributed by atoms with Crippen LogP contribution in [0.4, 0.5) is 30.7 Å². The lowest BCUT2D eigenvalue weighted by atomic mass is 9.89. The van der Waals surface area contributed by atoms with E-state index in [2.05, 4.69) is 4.74 Å². The van der Waals surface area contributed by atoms with Crippen molar-refractivity contribution >= 4 is 5.97 Å². The first-order valence-electron chi connectivity index (χ1n) is 6.10. The first-order chi connectivity index (χ1) is 9.46. The number of fused-ring (bicyclic) bond motifs is 1. The van der Waals surface area contributed by atoms with Crippen LogP contribution in [0.1, 0.15) is 19.3 Å². The van der Waals surface area contributed by atoms with Crippen molar-refractivity contribution in [2.24, 2.45) is 5.92 Å². The summed E-state index contributed by atoms with van der Waals surface area (Å²) < 4.78 is 95.7. The topological polar surface area (TPSA) is 38.8 Å². The number of hydrogen-bond acceptors (Lipinski definition) is 3. The van der Waals surface area contributed by atoms with Crippen LogP contribution in [0.5, 0.6) is 0 Å². The van der Waals surface area contributed by atoms with Crippen molar-refractivity contribution < 1.29 is 45.0 Å². The van der Waals surface area contributed by atoms with Crippen molar-refractivity contribution in [1.29, 1.82) is 0 Å². The van der Waals surface area contributed by atoms with Crippen LogP contribution in [0, 0.1) is 5.92 Å². The molecule has 3 nitrogen and oxygen atoms in total. The third kappa shape index (κ3) is 3.09. The van der Waals surface area contributed by atoms with Crippen molar-refractivity contribution in [2.45, 2.75) is 49.5 Å². The first-order valence-corrected chi connectivity index (χ1v) is 6.10. The molecular formula is C11H11F7O3. The number of esters is 1. The Kier molecular flexibility index (Phi) is 3.88. The van der Waals surface area contributed by atoms with Gasteiger partial charge in [0.15, 0.2) is 6.61 Å². The number of halogens is 7. The van der Waals surface area contributed by atoms with Gasteiger partial charge in [0.1, 0.15) is 0 Å². The van der Waals surface area contributed by atoms with Gasteiger partial charge in [-0.3, -0.25) is 4.79 Å². The minimum atomic E-state index is -6.43. The molecule has 0 radical (unpaired) electrons. The number of rotatable bonds is 4. The summed E-state index contributed by atoms with van der Waals surface area (Å²) in [6.07, 6.45) is -5.63. The summed E-state index contributed by atoms with van der Waals surface area (Å²) in [7, 11) is 0. The minimum absolute atomic E-state index is 0.0186. The predicted molar refractivity (Wildman–Crippen MR) is 52.9 cm³/mol. The number of carbonyl (C=O) groups excluding carboxylic acids is 1. The van der Waals surface area contributed by atoms with Gasteiger partial charge in [0.25, 0.3) is 0 Å². The van der Waals surface area contributed by atoms with Crippen LogP contribution in [0.15, 0.2) is 0 Å². The van der Waals surface area contributed by atoms with Gasteiger partial charge in [-0.05, 0) is 19.3 Å². The zero-order valence-corrected chi connectivity index (χ0v) is 10.4. The van der Waals surface area contributed by atoms with Crippen LogP contribution in [0.2, 0.25) is 0 Å². The molecule has 1 saturated heterocycles. The Bertz CT molecular complexity index is 421. The van der Waals surface area contributed by atoms with E-state index in [0.717, 1.165) is 0 Å². The first kappa shape index (κ1) is 16.3. The summed E-state index contributed by atoms with van der Waals surface area (Å²) in [5.41, 5.74) is 0. The highest BCUT2D eigenvalue weighted by Gasteiger charge is 2.73. The second-order valence-electron chi connectivity index (χ2n) is 5.11. The van der Waals surface area contributed by atoms with E-state index in [0.29, 0.717) is 6.42 Å². The van der Waals surface area contributed by atoms with E-state index in [1.165, 1.54) is 0 Å². The van der Waals surface area contributed by atoms with Crippen LogP contribution in [-0.4, -0.2) is 42.8 Å². The van der Waals surface area contributed by atoms with Gasteiger partial charge in [0, 0.05) is 0 Å². The molecule has 0 aromatic heterocycles. The van der Waals surface area contributed by atoms with E-state index in [4.69, 9.17) is 4.74 Å². The summed E-state index contributed by atoms with van der Waals surface area (Å²) in [6.45, 7) is -2.32. The number of alkyl halides is 7. The lowest BCUT2D eigenvalue weighted by Gasteiger charge is -2.28. The summed E-state index contributed by atoms with van der Waals surface area (Å²) in [5, 5.41) is 0. The average molecular weight is 324 g/mol. The van der Waals surface area contributed by atoms with E-state index in [-0.39, 0.29) is 25.0 Å². The number of ether oxygens (including phenoxy) is 2. The van der Waals surface area contributed by atoms with Crippen LogP contribution in [-0.2, 0) is 14.3 Å². The third-order valence-electron chi connectivity index (χ3n) is 3.55. The maximum absolute atomic E-state index is 12.9. The Labute approximate surface area is 114 Å². The lowest BCUT2D eigenvalue weighted by molar-refractivity contribution is -0.360. The zero-order chi connectivity index (χ0) is 16.1. The number of hydrogen-bond donors (Lipinski definition) is 0. The van der Waals surface area contributed by atoms with Crippen molar-refractivity contribution in [1.82, 2.24) is 0 Å². The van der Waals surface area contributed by atoms with Gasteiger partial charge in [0.2, 0.25) is 0 Å². The van der Waals surface area contributed by atoms with Gasteiger partial charge in [-0.15, -0.1) is 0 Å². The normalized spacial score (nSPS) is 29.8. The van der Waals surface area contributed by atoms with Gasteiger partial charge >= 0.3 is 24.0 Å². The molecule has 0 amide bonds. The van der Waals surface area contributed by atoms with Crippen LogP contribution < -0.4 is 0 Å². The molecule has 0 N–H and O–H groups in total. The molecule has 2 rings (SSSR count). The number of epoxide rings is 1. The summed E-state index contributed by atoms with van der Waals surface area (Å²) >= 11 is 0. The molecule has 122 valence electrons. The molecule has 1 heterocycles. The predicted octanol–water partition coefficient (Wildman–Crippen LogP) is 2.93. The molecule has 3 atom stereocenters. The molecule has 2 aliphatic rings. The van der Waals surface area contributed by atoms with Crippen LogP contribution >= 0.6 is 0 Å². The smallest absolute Gasteiger partial charge is 0.459 e. The quantitative estimate of drug-likeness (QED) is 0.453. The van der Waals surface area contributed by atoms with Crippen molar-refractivity contribution in [3.8, 4) is 0 Å². The van der Waals surface area contributed by atoms with Gasteiger partial charge in [-0.1, -0.05) is 0 Å². The molecule has 0 spiro atoms.